The Hall–Kier alpha value is -8.30. The lowest BCUT2D eigenvalue weighted by Crippen LogP contribution is -2.60. The van der Waals surface area contributed by atoms with Gasteiger partial charge in [-0.2, -0.15) is 0 Å². The van der Waals surface area contributed by atoms with Crippen LogP contribution in [-0.2, 0) is 108 Å². The number of carboxylic acids is 1. The molecule has 4 aliphatic carbocycles. The molecule has 25 heteroatoms. The summed E-state index contributed by atoms with van der Waals surface area (Å²) in [5, 5.41) is 30.3. The first-order valence-electron chi connectivity index (χ1n) is 39.0. The first-order valence-corrected chi connectivity index (χ1v) is 39.0. The number of carbonyl (C=O) groups excluding carboxylic acids is 7. The highest BCUT2D eigenvalue weighted by Gasteiger charge is 2.59. The number of Topliss-reactive ketones (excluding diaryl/α,β-unsaturated/α-hetero) is 1. The molecule has 2 fully saturated rings. The standard InChI is InChI=1S/C83H113N9O16/c1-7-8-38-102-42-46-106-49-45-105-41-37-92-76-63-17-11-12-18-67(63)91(55-59-15-9-10-16-62(59)75(76)89-90-92)73(96)29-28-71(94)85-36-40-104-44-48-108-51-50-107-47-43-103-39-31-72(95)87-66(25-30-74(97)98)68(93)52-56(2)77(99)86-61-24-20-58-22-27-70-81(4,65(58)54-61)33-14-35-83(70,6)79(101)88-78(100)82(5)34-13-32-80(3)64-53-60(84)23-19-57(64)21-26-69(80)82/h9-12,15-20,23-24,53-54,56,66,69-70H,7-8,13-14,21-22,25-52,55,84H2,1-6H3,(H,85,94)(H,86,99)(H,87,95)(H,97,98)(H,88,100,101)/t56-,66+,69-,70-,80-,81-,82+,83+/m1/s1. The van der Waals surface area contributed by atoms with Gasteiger partial charge in [0, 0.05) is 73.7 Å². The number of ether oxygens (including phenoxy) is 7. The van der Waals surface area contributed by atoms with Crippen LogP contribution >= 0.6 is 0 Å². The predicted octanol–water partition coefficient (Wildman–Crippen LogP) is 10.2. The Morgan fingerprint density at radius 1 is 0.611 bits per heavy atom. The summed E-state index contributed by atoms with van der Waals surface area (Å²) in [4.78, 5) is 111. The van der Waals surface area contributed by atoms with E-state index in [9.17, 15) is 43.5 Å². The minimum Gasteiger partial charge on any atom is -0.481 e. The summed E-state index contributed by atoms with van der Waals surface area (Å²) in [6.45, 7) is 18.1. The van der Waals surface area contributed by atoms with Gasteiger partial charge < -0.3 is 64.8 Å². The second-order valence-corrected chi connectivity index (χ2v) is 30.6. The predicted molar refractivity (Wildman–Crippen MR) is 408 cm³/mol. The fourth-order valence-electron chi connectivity index (χ4n) is 17.4. The molecule has 5 aliphatic rings. The largest absolute Gasteiger partial charge is 0.481 e. The maximum absolute atomic E-state index is 14.8. The number of carbonyl (C=O) groups is 8. The molecule has 586 valence electrons. The number of carboxylic acid groups (broad SMARTS) is 1. The van der Waals surface area contributed by atoms with Crippen molar-refractivity contribution < 1.29 is 76.6 Å². The number of aromatic nitrogens is 3. The van der Waals surface area contributed by atoms with Crippen molar-refractivity contribution in [2.45, 2.75) is 187 Å². The number of unbranched alkanes of at least 4 members (excludes halogenated alkanes) is 1. The molecule has 0 spiro atoms. The van der Waals surface area contributed by atoms with Gasteiger partial charge in [0.2, 0.25) is 35.4 Å². The quantitative estimate of drug-likeness (QED) is 0.0120. The van der Waals surface area contributed by atoms with Crippen LogP contribution in [0.1, 0.15) is 172 Å². The number of amides is 6. The van der Waals surface area contributed by atoms with E-state index in [-0.39, 0.29) is 139 Å². The highest BCUT2D eigenvalue weighted by molar-refractivity contribution is 6.03. The number of imide groups is 1. The van der Waals surface area contributed by atoms with Crippen molar-refractivity contribution in [2.24, 2.45) is 28.6 Å². The van der Waals surface area contributed by atoms with Gasteiger partial charge >= 0.3 is 5.97 Å². The van der Waals surface area contributed by atoms with Crippen molar-refractivity contribution in [3.05, 3.63) is 113 Å². The summed E-state index contributed by atoms with van der Waals surface area (Å²) in [6.07, 6.45) is 9.21. The SMILES string of the molecule is CCCCOCCOCCOCCn1nnc2c1-c1ccccc1N(C(=O)CCC(=O)NCCOCCOCCOCCOCCC(=O)N[C@@H](CCC(=O)O)C(=O)C[C@@H](C)C(=O)Nc1ccc3c(c1)[C@@]1(C)CCC[C@](C)(C(=O)NC(=O)[C@@]4(C)CCC[C@]5(C)c6cc(N)ccc6CC[C@@H]45)[C@@H]1CC3)Cc1ccccc1-2. The van der Waals surface area contributed by atoms with Crippen LogP contribution in [-0.4, -0.2) is 172 Å². The topological polar surface area (TPSA) is 329 Å². The highest BCUT2D eigenvalue weighted by Crippen LogP contribution is 2.60. The van der Waals surface area contributed by atoms with E-state index in [0.717, 1.165) is 110 Å². The second-order valence-electron chi connectivity index (χ2n) is 30.6. The van der Waals surface area contributed by atoms with Crippen LogP contribution < -0.4 is 31.9 Å². The number of benzene rings is 4. The zero-order chi connectivity index (χ0) is 76.9. The molecular weight excluding hydrogens is 1380 g/mol. The number of ketones is 1. The molecule has 25 nitrogen and oxygen atoms in total. The normalized spacial score (nSPS) is 21.7. The van der Waals surface area contributed by atoms with Crippen LogP contribution in [0.15, 0.2) is 84.9 Å². The Kier molecular flexibility index (Phi) is 29.6. The van der Waals surface area contributed by atoms with Crippen molar-refractivity contribution in [3.8, 4) is 22.5 Å². The minimum atomic E-state index is -1.14. The average Bonchev–Trinajstić information content (AvgIpc) is 0.862. The fourth-order valence-corrected chi connectivity index (χ4v) is 17.4. The van der Waals surface area contributed by atoms with Gasteiger partial charge in [0.05, 0.1) is 127 Å². The van der Waals surface area contributed by atoms with Crippen LogP contribution in [0.25, 0.3) is 22.5 Å². The molecule has 5 aromatic rings. The van der Waals surface area contributed by atoms with Crippen LogP contribution in [0.5, 0.6) is 0 Å². The smallest absolute Gasteiger partial charge is 0.303 e. The van der Waals surface area contributed by atoms with Gasteiger partial charge in [-0.15, -0.1) is 5.10 Å². The highest BCUT2D eigenvalue weighted by atomic mass is 16.6. The van der Waals surface area contributed by atoms with E-state index in [4.69, 9.17) is 38.9 Å². The first kappa shape index (κ1) is 82.2. The number of nitrogens with zero attached hydrogens (tertiary/aromatic N) is 4. The molecule has 8 atom stereocenters. The van der Waals surface area contributed by atoms with E-state index in [2.05, 4.69) is 71.4 Å². The van der Waals surface area contributed by atoms with E-state index in [1.165, 1.54) is 11.1 Å². The number of aryl methyl sites for hydroxylation is 2. The van der Waals surface area contributed by atoms with E-state index >= 15 is 0 Å². The Labute approximate surface area is 634 Å². The maximum atomic E-state index is 14.8. The first-order chi connectivity index (χ1) is 52.1. The number of nitrogen functional groups attached to an aromatic ring is 1. The number of rotatable bonds is 41. The van der Waals surface area contributed by atoms with Gasteiger partial charge in [-0.1, -0.05) is 121 Å². The average molecular weight is 1490 g/mol. The van der Waals surface area contributed by atoms with Crippen LogP contribution in [0.4, 0.5) is 17.1 Å². The molecular formula is C83H113N9O16. The molecule has 2 heterocycles. The number of nitrogens with two attached hydrogens (primary N) is 1. The van der Waals surface area contributed by atoms with Crippen molar-refractivity contribution in [1.82, 2.24) is 30.9 Å². The van der Waals surface area contributed by atoms with Crippen molar-refractivity contribution in [1.29, 1.82) is 0 Å². The van der Waals surface area contributed by atoms with E-state index < -0.39 is 51.8 Å². The van der Waals surface area contributed by atoms with Gasteiger partial charge in [0.1, 0.15) is 5.69 Å². The number of aliphatic carboxylic acids is 1. The number of anilines is 3. The molecule has 0 saturated heterocycles. The molecule has 7 N–H and O–H groups in total. The zero-order valence-corrected chi connectivity index (χ0v) is 64.1. The summed E-state index contributed by atoms with van der Waals surface area (Å²) < 4.78 is 41.4. The van der Waals surface area contributed by atoms with Gasteiger partial charge in [0.15, 0.2) is 5.78 Å². The Morgan fingerprint density at radius 2 is 1.18 bits per heavy atom. The lowest BCUT2D eigenvalue weighted by molar-refractivity contribution is -0.150. The second kappa shape index (κ2) is 38.9. The molecule has 6 amide bonds. The van der Waals surface area contributed by atoms with Gasteiger partial charge in [-0.25, -0.2) is 4.68 Å². The third-order valence-electron chi connectivity index (χ3n) is 23.2. The number of hydrogen-bond donors (Lipinski definition) is 6. The van der Waals surface area contributed by atoms with Crippen molar-refractivity contribution in [3.63, 3.8) is 0 Å². The van der Waals surface area contributed by atoms with Crippen LogP contribution in [0, 0.1) is 28.6 Å². The molecule has 0 radical (unpaired) electrons. The van der Waals surface area contributed by atoms with Crippen molar-refractivity contribution in [2.75, 3.05) is 115 Å². The molecule has 10 rings (SSSR count). The Balaban J connectivity index is 0.583. The number of nitrogens with one attached hydrogen (secondary N) is 4. The summed E-state index contributed by atoms with van der Waals surface area (Å²) in [5.74, 6) is -4.29. The monoisotopic (exact) mass is 1490 g/mol. The van der Waals surface area contributed by atoms with Crippen LogP contribution in [0.2, 0.25) is 0 Å². The molecule has 1 aliphatic heterocycles. The zero-order valence-electron chi connectivity index (χ0n) is 64.1. The third kappa shape index (κ3) is 20.4. The van der Waals surface area contributed by atoms with Gasteiger partial charge in [0.25, 0.3) is 0 Å². The molecule has 2 saturated carbocycles. The summed E-state index contributed by atoms with van der Waals surface area (Å²) >= 11 is 0. The van der Waals surface area contributed by atoms with Crippen LogP contribution in [0.3, 0.4) is 0 Å². The molecule has 0 bridgehead atoms. The fraction of sp³-hybridized carbons (Fsp3) is 0.590. The molecule has 108 heavy (non-hydrogen) atoms. The minimum absolute atomic E-state index is 0.0150. The number of hydrogen-bond acceptors (Lipinski definition) is 18. The molecule has 0 unspecified atom stereocenters. The van der Waals surface area contributed by atoms with E-state index in [0.29, 0.717) is 76.1 Å². The van der Waals surface area contributed by atoms with Crippen molar-refractivity contribution >= 4 is 64.3 Å². The summed E-state index contributed by atoms with van der Waals surface area (Å²) in [7, 11) is 0. The lowest BCUT2D eigenvalue weighted by Gasteiger charge is -2.56. The number of fused-ring (bicyclic) bond motifs is 11. The Bertz CT molecular complexity index is 3940. The maximum Gasteiger partial charge on any atom is 0.303 e. The molecule has 1 aromatic heterocycles. The molecule has 4 aromatic carbocycles. The summed E-state index contributed by atoms with van der Waals surface area (Å²) in [5.41, 5.74) is 14.8. The lowest BCUT2D eigenvalue weighted by atomic mass is 9.49. The third-order valence-corrected chi connectivity index (χ3v) is 23.2. The Morgan fingerprint density at radius 3 is 1.81 bits per heavy atom. The number of para-hydroxylation sites is 1. The van der Waals surface area contributed by atoms with E-state index in [1.54, 1.807) is 11.8 Å². The van der Waals surface area contributed by atoms with E-state index in [1.807, 2.05) is 84.4 Å². The summed E-state index contributed by atoms with van der Waals surface area (Å²) in [6, 6.07) is 26.4. The van der Waals surface area contributed by atoms with Gasteiger partial charge in [-0.3, -0.25) is 43.7 Å². The van der Waals surface area contributed by atoms with Gasteiger partial charge in [-0.05, 0) is 145 Å².